The number of aromatic amines is 1. The Kier molecular flexibility index (Phi) is 4.06. The lowest BCUT2D eigenvalue weighted by Crippen LogP contribution is -2.35. The van der Waals surface area contributed by atoms with Crippen LogP contribution in [0.25, 0.3) is 10.9 Å². The molecule has 0 fully saturated rings. The number of H-pyrrole nitrogens is 1. The summed E-state index contributed by atoms with van der Waals surface area (Å²) in [5.74, 6) is -0.570. The van der Waals surface area contributed by atoms with E-state index in [0.29, 0.717) is 11.5 Å². The number of ether oxygens (including phenoxy) is 3. The van der Waals surface area contributed by atoms with Crippen LogP contribution in [0.15, 0.2) is 48.7 Å². The van der Waals surface area contributed by atoms with Crippen LogP contribution in [0.5, 0.6) is 11.5 Å². The topological polar surface area (TPSA) is 104 Å². The first-order chi connectivity index (χ1) is 12.6. The number of rotatable bonds is 4. The molecule has 2 aromatic carbocycles. The van der Waals surface area contributed by atoms with Crippen molar-refractivity contribution in [3.8, 4) is 11.5 Å². The van der Waals surface area contributed by atoms with Crippen LogP contribution in [-0.2, 0) is 16.0 Å². The fourth-order valence-electron chi connectivity index (χ4n) is 2.87. The number of esters is 2. The zero-order valence-corrected chi connectivity index (χ0v) is 13.7. The molecule has 3 N–H and O–H groups in total. The molecule has 2 heterocycles. The molecule has 0 saturated carbocycles. The van der Waals surface area contributed by atoms with Crippen molar-refractivity contribution >= 4 is 22.8 Å². The van der Waals surface area contributed by atoms with Gasteiger partial charge in [0.05, 0.1) is 5.56 Å². The van der Waals surface area contributed by atoms with Crippen molar-refractivity contribution in [2.45, 2.75) is 12.5 Å². The third kappa shape index (κ3) is 3.00. The van der Waals surface area contributed by atoms with Gasteiger partial charge in [0, 0.05) is 23.5 Å². The highest BCUT2D eigenvalue weighted by Gasteiger charge is 2.23. The Balaban J connectivity index is 1.43. The predicted octanol–water partition coefficient (Wildman–Crippen LogP) is 2.15. The predicted molar refractivity (Wildman–Crippen MR) is 93.0 cm³/mol. The Hall–Kier alpha value is -3.32. The molecule has 0 spiro atoms. The summed E-state index contributed by atoms with van der Waals surface area (Å²) in [5, 5.41) is 0.984. The molecular formula is C19H16N2O5. The second-order valence-corrected chi connectivity index (χ2v) is 5.95. The molecule has 26 heavy (non-hydrogen) atoms. The van der Waals surface area contributed by atoms with Crippen LogP contribution in [0.3, 0.4) is 0 Å². The van der Waals surface area contributed by atoms with E-state index in [2.05, 4.69) is 4.98 Å². The molecule has 4 rings (SSSR count). The van der Waals surface area contributed by atoms with E-state index < -0.39 is 18.0 Å². The number of hydrogen-bond acceptors (Lipinski definition) is 6. The van der Waals surface area contributed by atoms with Crippen molar-refractivity contribution in [3.63, 3.8) is 0 Å². The Labute approximate surface area is 148 Å². The number of nitrogens with one attached hydrogen (secondary N) is 1. The SMILES string of the molecule is N[C@H](Cc1c[nH]c2ccccc12)C(=O)OC(=O)c1ccc2c(c1)OCO2. The summed E-state index contributed by atoms with van der Waals surface area (Å²) >= 11 is 0. The number of hydrogen-bond donors (Lipinski definition) is 2. The van der Waals surface area contributed by atoms with E-state index >= 15 is 0 Å². The van der Waals surface area contributed by atoms with E-state index in [1.165, 1.54) is 12.1 Å². The minimum atomic E-state index is -0.952. The van der Waals surface area contributed by atoms with E-state index in [1.54, 1.807) is 12.3 Å². The zero-order valence-electron chi connectivity index (χ0n) is 13.7. The summed E-state index contributed by atoms with van der Waals surface area (Å²) in [4.78, 5) is 27.5. The quantitative estimate of drug-likeness (QED) is 0.551. The average Bonchev–Trinajstić information content (AvgIpc) is 3.28. The van der Waals surface area contributed by atoms with E-state index in [9.17, 15) is 9.59 Å². The van der Waals surface area contributed by atoms with Crippen LogP contribution in [0.1, 0.15) is 15.9 Å². The van der Waals surface area contributed by atoms with E-state index in [-0.39, 0.29) is 18.8 Å². The first kappa shape index (κ1) is 16.2. The summed E-state index contributed by atoms with van der Waals surface area (Å²) in [7, 11) is 0. The van der Waals surface area contributed by atoms with Crippen LogP contribution in [0, 0.1) is 0 Å². The Bertz CT molecular complexity index is 995. The van der Waals surface area contributed by atoms with Gasteiger partial charge in [-0.3, -0.25) is 0 Å². The summed E-state index contributed by atoms with van der Waals surface area (Å²) < 4.78 is 15.3. The molecule has 3 aromatic rings. The summed E-state index contributed by atoms with van der Waals surface area (Å²) in [6.07, 6.45) is 2.06. The molecule has 7 heteroatoms. The minimum absolute atomic E-state index is 0.0995. The first-order valence-electron chi connectivity index (χ1n) is 8.08. The number of benzene rings is 2. The van der Waals surface area contributed by atoms with Crippen LogP contribution in [-0.4, -0.2) is 29.8 Å². The monoisotopic (exact) mass is 352 g/mol. The van der Waals surface area contributed by atoms with Gasteiger partial charge in [-0.2, -0.15) is 0 Å². The molecule has 0 radical (unpaired) electrons. The lowest BCUT2D eigenvalue weighted by atomic mass is 10.1. The third-order valence-corrected chi connectivity index (χ3v) is 4.22. The zero-order chi connectivity index (χ0) is 18.1. The number of aromatic nitrogens is 1. The van der Waals surface area contributed by atoms with Crippen LogP contribution >= 0.6 is 0 Å². The fourth-order valence-corrected chi connectivity index (χ4v) is 2.87. The second kappa shape index (κ2) is 6.53. The van der Waals surface area contributed by atoms with E-state index in [0.717, 1.165) is 16.5 Å². The maximum absolute atomic E-state index is 12.2. The average molecular weight is 352 g/mol. The van der Waals surface area contributed by atoms with E-state index in [1.807, 2.05) is 24.3 Å². The summed E-state index contributed by atoms with van der Waals surface area (Å²) in [5.41, 5.74) is 7.97. The van der Waals surface area contributed by atoms with Gasteiger partial charge >= 0.3 is 11.9 Å². The standard InChI is InChI=1S/C19H16N2O5/c20-14(7-12-9-21-15-4-2-1-3-13(12)15)19(23)26-18(22)11-5-6-16-17(8-11)25-10-24-16/h1-6,8-9,14,21H,7,10,20H2/t14-/m1/s1. The van der Waals surface area contributed by atoms with Crippen LogP contribution in [0.2, 0.25) is 0 Å². The Morgan fingerprint density at radius 2 is 1.96 bits per heavy atom. The van der Waals surface area contributed by atoms with Gasteiger partial charge in [0.1, 0.15) is 6.04 Å². The van der Waals surface area contributed by atoms with Gasteiger partial charge in [-0.05, 0) is 29.8 Å². The van der Waals surface area contributed by atoms with Crippen molar-refractivity contribution in [1.29, 1.82) is 0 Å². The van der Waals surface area contributed by atoms with Gasteiger partial charge in [0.2, 0.25) is 6.79 Å². The highest BCUT2D eigenvalue weighted by Crippen LogP contribution is 2.32. The highest BCUT2D eigenvalue weighted by molar-refractivity contribution is 5.98. The first-order valence-corrected chi connectivity index (χ1v) is 8.08. The number of nitrogens with two attached hydrogens (primary N) is 1. The van der Waals surface area contributed by atoms with Crippen molar-refractivity contribution in [2.75, 3.05) is 6.79 Å². The maximum atomic E-state index is 12.2. The van der Waals surface area contributed by atoms with E-state index in [4.69, 9.17) is 19.9 Å². The molecular weight excluding hydrogens is 336 g/mol. The molecule has 1 aromatic heterocycles. The fraction of sp³-hybridized carbons (Fsp3) is 0.158. The lowest BCUT2D eigenvalue weighted by molar-refractivity contribution is -0.139. The number of carbonyl (C=O) groups is 2. The third-order valence-electron chi connectivity index (χ3n) is 4.22. The van der Waals surface area contributed by atoms with Gasteiger partial charge in [-0.25, -0.2) is 9.59 Å². The summed E-state index contributed by atoms with van der Waals surface area (Å²) in [6.45, 7) is 0.0995. The number of fused-ring (bicyclic) bond motifs is 2. The van der Waals surface area contributed by atoms with Gasteiger partial charge in [-0.1, -0.05) is 18.2 Å². The molecule has 0 amide bonds. The minimum Gasteiger partial charge on any atom is -0.454 e. The normalized spacial score (nSPS) is 13.6. The molecule has 0 saturated heterocycles. The molecule has 0 aliphatic carbocycles. The Morgan fingerprint density at radius 3 is 2.85 bits per heavy atom. The van der Waals surface area contributed by atoms with Crippen molar-refractivity contribution < 1.29 is 23.8 Å². The van der Waals surface area contributed by atoms with Gasteiger partial charge in [-0.15, -0.1) is 0 Å². The van der Waals surface area contributed by atoms with Crippen molar-refractivity contribution in [1.82, 2.24) is 4.98 Å². The maximum Gasteiger partial charge on any atom is 0.345 e. The van der Waals surface area contributed by atoms with Crippen molar-refractivity contribution in [2.24, 2.45) is 5.73 Å². The van der Waals surface area contributed by atoms with Crippen molar-refractivity contribution in [3.05, 3.63) is 59.8 Å². The molecule has 1 aliphatic rings. The number of carbonyl (C=O) groups excluding carboxylic acids is 2. The van der Waals surface area contributed by atoms with Gasteiger partial charge in [0.25, 0.3) is 0 Å². The summed E-state index contributed by atoms with van der Waals surface area (Å²) in [6, 6.07) is 11.3. The second-order valence-electron chi connectivity index (χ2n) is 5.95. The lowest BCUT2D eigenvalue weighted by Gasteiger charge is -2.10. The number of para-hydroxylation sites is 1. The molecule has 7 nitrogen and oxygen atoms in total. The Morgan fingerprint density at radius 1 is 1.15 bits per heavy atom. The molecule has 0 bridgehead atoms. The molecule has 1 aliphatic heterocycles. The molecule has 1 atom stereocenters. The van der Waals surface area contributed by atoms with Crippen LogP contribution in [0.4, 0.5) is 0 Å². The van der Waals surface area contributed by atoms with Crippen LogP contribution < -0.4 is 15.2 Å². The molecule has 0 unspecified atom stereocenters. The largest absolute Gasteiger partial charge is 0.454 e. The smallest absolute Gasteiger partial charge is 0.345 e. The molecule has 132 valence electrons. The van der Waals surface area contributed by atoms with Gasteiger partial charge < -0.3 is 24.9 Å². The van der Waals surface area contributed by atoms with Gasteiger partial charge in [0.15, 0.2) is 11.5 Å². The highest BCUT2D eigenvalue weighted by atomic mass is 16.7.